The van der Waals surface area contributed by atoms with Crippen LogP contribution < -0.4 is 5.32 Å². The van der Waals surface area contributed by atoms with Gasteiger partial charge >= 0.3 is 0 Å². The third-order valence-corrected chi connectivity index (χ3v) is 5.22. The molecule has 0 unspecified atom stereocenters. The van der Waals surface area contributed by atoms with Crippen LogP contribution in [0.1, 0.15) is 22.3 Å². The van der Waals surface area contributed by atoms with Crippen LogP contribution in [0.3, 0.4) is 0 Å². The van der Waals surface area contributed by atoms with Crippen molar-refractivity contribution in [1.29, 1.82) is 0 Å². The molecule has 2 aromatic carbocycles. The Hall–Kier alpha value is -2.11. The number of carbonyl (C=O) groups excluding carboxylic acids is 1. The van der Waals surface area contributed by atoms with Crippen LogP contribution in [0.2, 0.25) is 0 Å². The van der Waals surface area contributed by atoms with Gasteiger partial charge < -0.3 is 5.32 Å². The Morgan fingerprint density at radius 3 is 2.58 bits per heavy atom. The molecule has 122 valence electrons. The molecule has 3 aromatic rings. The summed E-state index contributed by atoms with van der Waals surface area (Å²) < 4.78 is 0. The van der Waals surface area contributed by atoms with Crippen LogP contribution in [0.15, 0.2) is 58.8 Å². The molecule has 0 spiro atoms. The van der Waals surface area contributed by atoms with Crippen molar-refractivity contribution in [2.24, 2.45) is 0 Å². The first-order valence-electron chi connectivity index (χ1n) is 7.73. The summed E-state index contributed by atoms with van der Waals surface area (Å²) in [5.41, 5.74) is 3.52. The number of thioether (sulfide) groups is 1. The molecule has 0 saturated carbocycles. The summed E-state index contributed by atoms with van der Waals surface area (Å²) in [6, 6.07) is 15.5. The number of aryl methyl sites for hydroxylation is 1. The number of hydrogen-bond acceptors (Lipinski definition) is 4. The summed E-state index contributed by atoms with van der Waals surface area (Å²) >= 11 is 3.31. The quantitative estimate of drug-likeness (QED) is 0.617. The lowest BCUT2D eigenvalue weighted by molar-refractivity contribution is 0.102. The number of nitrogens with one attached hydrogen (secondary N) is 1. The van der Waals surface area contributed by atoms with E-state index in [4.69, 9.17) is 0 Å². The minimum absolute atomic E-state index is 0.0798. The Morgan fingerprint density at radius 1 is 1.17 bits per heavy atom. The van der Waals surface area contributed by atoms with E-state index in [0.29, 0.717) is 5.56 Å². The molecule has 1 amide bonds. The number of carbonyl (C=O) groups is 1. The fraction of sp³-hybridized carbons (Fsp3) is 0.158. The second-order valence-electron chi connectivity index (χ2n) is 5.21. The number of benzene rings is 2. The highest BCUT2D eigenvalue weighted by atomic mass is 32.2. The summed E-state index contributed by atoms with van der Waals surface area (Å²) in [6.07, 6.45) is 0. The molecule has 0 radical (unpaired) electrons. The monoisotopic (exact) mass is 354 g/mol. The third-order valence-electron chi connectivity index (χ3n) is 3.49. The van der Waals surface area contributed by atoms with E-state index in [1.807, 2.05) is 60.8 Å². The largest absolute Gasteiger partial charge is 0.322 e. The van der Waals surface area contributed by atoms with E-state index in [-0.39, 0.29) is 5.91 Å². The van der Waals surface area contributed by atoms with Gasteiger partial charge in [0.25, 0.3) is 5.91 Å². The molecular formula is C19H18N2OS2. The number of thiazole rings is 1. The molecule has 1 N–H and O–H groups in total. The molecule has 0 atom stereocenters. The Kier molecular flexibility index (Phi) is 5.33. The average molecular weight is 355 g/mol. The predicted molar refractivity (Wildman–Crippen MR) is 103 cm³/mol. The van der Waals surface area contributed by atoms with Gasteiger partial charge in [0, 0.05) is 21.5 Å². The van der Waals surface area contributed by atoms with Crippen molar-refractivity contribution < 1.29 is 4.79 Å². The number of hydrogen-bond donors (Lipinski definition) is 1. The lowest BCUT2D eigenvalue weighted by Crippen LogP contribution is -2.12. The number of aromatic nitrogens is 1. The molecule has 24 heavy (non-hydrogen) atoms. The SMILES string of the molecule is CCSc1ccccc1C(=O)Nc1ccc(-c2csc(C)n2)cc1. The van der Waals surface area contributed by atoms with E-state index >= 15 is 0 Å². The molecular weight excluding hydrogens is 336 g/mol. The molecule has 0 aliphatic heterocycles. The van der Waals surface area contributed by atoms with E-state index < -0.39 is 0 Å². The van der Waals surface area contributed by atoms with Gasteiger partial charge in [-0.05, 0) is 36.9 Å². The first kappa shape index (κ1) is 16.7. The van der Waals surface area contributed by atoms with Gasteiger partial charge in [-0.15, -0.1) is 23.1 Å². The smallest absolute Gasteiger partial charge is 0.256 e. The van der Waals surface area contributed by atoms with Crippen LogP contribution in [-0.2, 0) is 0 Å². The zero-order chi connectivity index (χ0) is 16.9. The molecule has 1 aromatic heterocycles. The molecule has 0 fully saturated rings. The fourth-order valence-electron chi connectivity index (χ4n) is 2.35. The second kappa shape index (κ2) is 7.64. The Balaban J connectivity index is 1.75. The summed E-state index contributed by atoms with van der Waals surface area (Å²) in [4.78, 5) is 18.0. The number of rotatable bonds is 5. The van der Waals surface area contributed by atoms with Crippen molar-refractivity contribution in [3.05, 3.63) is 64.5 Å². The van der Waals surface area contributed by atoms with Crippen LogP contribution in [0, 0.1) is 6.92 Å². The van der Waals surface area contributed by atoms with Crippen LogP contribution in [0.5, 0.6) is 0 Å². The Morgan fingerprint density at radius 2 is 1.92 bits per heavy atom. The van der Waals surface area contributed by atoms with Crippen molar-refractivity contribution in [2.75, 3.05) is 11.1 Å². The van der Waals surface area contributed by atoms with E-state index in [0.717, 1.165) is 32.6 Å². The van der Waals surface area contributed by atoms with Crippen LogP contribution in [-0.4, -0.2) is 16.6 Å². The van der Waals surface area contributed by atoms with Crippen LogP contribution in [0.4, 0.5) is 5.69 Å². The highest BCUT2D eigenvalue weighted by Gasteiger charge is 2.11. The number of anilines is 1. The van der Waals surface area contributed by atoms with Crippen molar-refractivity contribution in [3.8, 4) is 11.3 Å². The van der Waals surface area contributed by atoms with Crippen molar-refractivity contribution in [3.63, 3.8) is 0 Å². The number of nitrogens with zero attached hydrogens (tertiary/aromatic N) is 1. The van der Waals surface area contributed by atoms with E-state index in [2.05, 4.69) is 17.2 Å². The Labute approximate surface area is 150 Å². The van der Waals surface area contributed by atoms with Crippen molar-refractivity contribution >= 4 is 34.7 Å². The topological polar surface area (TPSA) is 42.0 Å². The van der Waals surface area contributed by atoms with Crippen LogP contribution >= 0.6 is 23.1 Å². The molecule has 0 saturated heterocycles. The lowest BCUT2D eigenvalue weighted by Gasteiger charge is -2.09. The molecule has 1 heterocycles. The van der Waals surface area contributed by atoms with E-state index in [1.165, 1.54) is 0 Å². The fourth-order valence-corrected chi connectivity index (χ4v) is 3.78. The third kappa shape index (κ3) is 3.86. The molecule has 0 aliphatic carbocycles. The maximum atomic E-state index is 12.5. The maximum Gasteiger partial charge on any atom is 0.256 e. The minimum Gasteiger partial charge on any atom is -0.322 e. The maximum absolute atomic E-state index is 12.5. The molecule has 3 nitrogen and oxygen atoms in total. The molecule has 3 rings (SSSR count). The normalized spacial score (nSPS) is 10.6. The van der Waals surface area contributed by atoms with Crippen molar-refractivity contribution in [2.45, 2.75) is 18.7 Å². The highest BCUT2D eigenvalue weighted by Crippen LogP contribution is 2.25. The van der Waals surface area contributed by atoms with Crippen molar-refractivity contribution in [1.82, 2.24) is 4.98 Å². The predicted octanol–water partition coefficient (Wildman–Crippen LogP) is 5.48. The zero-order valence-electron chi connectivity index (χ0n) is 13.6. The van der Waals surface area contributed by atoms with Crippen LogP contribution in [0.25, 0.3) is 11.3 Å². The molecule has 0 bridgehead atoms. The summed E-state index contributed by atoms with van der Waals surface area (Å²) in [5, 5.41) is 6.06. The zero-order valence-corrected chi connectivity index (χ0v) is 15.2. The van der Waals surface area contributed by atoms with E-state index in [9.17, 15) is 4.79 Å². The summed E-state index contributed by atoms with van der Waals surface area (Å²) in [5.74, 6) is 0.857. The minimum atomic E-state index is -0.0798. The van der Waals surface area contributed by atoms with Gasteiger partial charge in [-0.2, -0.15) is 0 Å². The van der Waals surface area contributed by atoms with Gasteiger partial charge in [-0.3, -0.25) is 4.79 Å². The van der Waals surface area contributed by atoms with Gasteiger partial charge in [-0.25, -0.2) is 4.98 Å². The standard InChI is InChI=1S/C19H18N2OS2/c1-3-23-18-7-5-4-6-16(18)19(22)21-15-10-8-14(9-11-15)17-12-24-13(2)20-17/h4-12H,3H2,1-2H3,(H,21,22). The summed E-state index contributed by atoms with van der Waals surface area (Å²) in [7, 11) is 0. The molecule has 0 aliphatic rings. The van der Waals surface area contributed by atoms with Gasteiger partial charge in [-0.1, -0.05) is 31.2 Å². The Bertz CT molecular complexity index is 841. The van der Waals surface area contributed by atoms with E-state index in [1.54, 1.807) is 23.1 Å². The highest BCUT2D eigenvalue weighted by molar-refractivity contribution is 7.99. The van der Waals surface area contributed by atoms with Gasteiger partial charge in [0.15, 0.2) is 0 Å². The lowest BCUT2D eigenvalue weighted by atomic mass is 10.1. The summed E-state index contributed by atoms with van der Waals surface area (Å²) in [6.45, 7) is 4.08. The number of amides is 1. The first-order valence-corrected chi connectivity index (χ1v) is 9.59. The van der Waals surface area contributed by atoms with Gasteiger partial charge in [0.05, 0.1) is 16.3 Å². The average Bonchev–Trinajstić information content (AvgIpc) is 3.03. The second-order valence-corrected chi connectivity index (χ2v) is 7.58. The van der Waals surface area contributed by atoms with Gasteiger partial charge in [0.2, 0.25) is 0 Å². The van der Waals surface area contributed by atoms with Gasteiger partial charge in [0.1, 0.15) is 0 Å². The first-order chi connectivity index (χ1) is 11.7. The molecule has 5 heteroatoms.